The van der Waals surface area contributed by atoms with Crippen molar-refractivity contribution in [1.82, 2.24) is 9.62 Å². The third kappa shape index (κ3) is 5.81. The molecule has 1 N–H and O–H groups in total. The maximum absolute atomic E-state index is 12.7. The Kier molecular flexibility index (Phi) is 7.33. The summed E-state index contributed by atoms with van der Waals surface area (Å²) in [5, 5.41) is 1.01. The van der Waals surface area contributed by atoms with E-state index in [1.807, 2.05) is 49.5 Å². The van der Waals surface area contributed by atoms with Gasteiger partial charge in [0.15, 0.2) is 0 Å². The van der Waals surface area contributed by atoms with Crippen LogP contribution in [-0.2, 0) is 16.6 Å². The fourth-order valence-corrected chi connectivity index (χ4v) is 4.49. The second-order valence-corrected chi connectivity index (χ2v) is 9.34. The third-order valence-corrected chi connectivity index (χ3v) is 6.83. The highest BCUT2D eigenvalue weighted by Gasteiger charge is 2.21. The second-order valence-electron chi connectivity index (χ2n) is 6.76. The number of likely N-dealkylation sites (N-methyl/N-ethyl adjacent to an activating group) is 1. The molecule has 7 heteroatoms. The summed E-state index contributed by atoms with van der Waals surface area (Å²) in [6, 6.07) is 23.5. The molecular weight excluding hydrogens is 427 g/mol. The normalized spacial score (nSPS) is 12.8. The highest BCUT2D eigenvalue weighted by molar-refractivity contribution is 7.89. The Morgan fingerprint density at radius 2 is 1.52 bits per heavy atom. The molecule has 0 fully saturated rings. The van der Waals surface area contributed by atoms with E-state index < -0.39 is 10.0 Å². The molecule has 0 radical (unpaired) electrons. The summed E-state index contributed by atoms with van der Waals surface area (Å²) in [5.41, 5.74) is 2.01. The van der Waals surface area contributed by atoms with E-state index >= 15 is 0 Å². The summed E-state index contributed by atoms with van der Waals surface area (Å²) >= 11 is 12.2. The fraction of sp³-hybridized carbons (Fsp3) is 0.182. The van der Waals surface area contributed by atoms with Gasteiger partial charge in [-0.1, -0.05) is 77.8 Å². The van der Waals surface area contributed by atoms with Gasteiger partial charge in [-0.3, -0.25) is 4.90 Å². The van der Waals surface area contributed by atoms with Crippen LogP contribution < -0.4 is 4.72 Å². The zero-order chi connectivity index (χ0) is 20.9. The average Bonchev–Trinajstić information content (AvgIpc) is 2.72. The van der Waals surface area contributed by atoms with Crippen LogP contribution in [0, 0.1) is 0 Å². The first-order valence-corrected chi connectivity index (χ1v) is 11.3. The van der Waals surface area contributed by atoms with Crippen molar-refractivity contribution in [3.8, 4) is 0 Å². The van der Waals surface area contributed by atoms with Crippen LogP contribution in [-0.4, -0.2) is 26.9 Å². The lowest BCUT2D eigenvalue weighted by atomic mass is 10.1. The maximum Gasteiger partial charge on any atom is 0.240 e. The Bertz CT molecular complexity index is 1040. The van der Waals surface area contributed by atoms with Crippen LogP contribution >= 0.6 is 23.2 Å². The molecule has 0 amide bonds. The van der Waals surface area contributed by atoms with Crippen LogP contribution in [0.4, 0.5) is 0 Å². The molecule has 0 saturated heterocycles. The van der Waals surface area contributed by atoms with E-state index in [0.717, 1.165) is 11.1 Å². The average molecular weight is 449 g/mol. The van der Waals surface area contributed by atoms with Crippen molar-refractivity contribution in [2.75, 3.05) is 13.6 Å². The van der Waals surface area contributed by atoms with Gasteiger partial charge in [0.25, 0.3) is 0 Å². The number of nitrogens with one attached hydrogen (secondary N) is 1. The van der Waals surface area contributed by atoms with Crippen LogP contribution in [0.3, 0.4) is 0 Å². The van der Waals surface area contributed by atoms with Gasteiger partial charge >= 0.3 is 0 Å². The first kappa shape index (κ1) is 21.8. The number of benzene rings is 3. The van der Waals surface area contributed by atoms with Crippen molar-refractivity contribution in [2.24, 2.45) is 0 Å². The van der Waals surface area contributed by atoms with Crippen molar-refractivity contribution in [3.63, 3.8) is 0 Å². The van der Waals surface area contributed by atoms with Gasteiger partial charge in [-0.05, 0) is 42.4 Å². The molecule has 0 aromatic heterocycles. The standard InChI is InChI=1S/C22H22Cl2N2O2S/c1-26(16-17-12-13-20(23)21(24)14-17)22(18-8-4-2-5-9-18)15-25-29(27,28)19-10-6-3-7-11-19/h2-14,22,25H,15-16H2,1H3/t22-/m0/s1. The van der Waals surface area contributed by atoms with E-state index in [2.05, 4.69) is 9.62 Å². The monoisotopic (exact) mass is 448 g/mol. The molecular formula is C22H22Cl2N2O2S. The first-order chi connectivity index (χ1) is 13.9. The molecule has 4 nitrogen and oxygen atoms in total. The van der Waals surface area contributed by atoms with E-state index in [0.29, 0.717) is 16.6 Å². The van der Waals surface area contributed by atoms with Gasteiger partial charge in [-0.15, -0.1) is 0 Å². The Hall–Kier alpha value is -1.89. The summed E-state index contributed by atoms with van der Waals surface area (Å²) < 4.78 is 28.1. The van der Waals surface area contributed by atoms with E-state index in [4.69, 9.17) is 23.2 Å². The van der Waals surface area contributed by atoms with Gasteiger partial charge in [-0.25, -0.2) is 13.1 Å². The van der Waals surface area contributed by atoms with Crippen molar-refractivity contribution in [3.05, 3.63) is 100 Å². The van der Waals surface area contributed by atoms with Gasteiger partial charge in [0.1, 0.15) is 0 Å². The summed E-state index contributed by atoms with van der Waals surface area (Å²) in [7, 11) is -1.64. The number of hydrogen-bond acceptors (Lipinski definition) is 3. The number of rotatable bonds is 8. The minimum absolute atomic E-state index is 0.163. The van der Waals surface area contributed by atoms with Crippen LogP contribution in [0.15, 0.2) is 83.8 Å². The summed E-state index contributed by atoms with van der Waals surface area (Å²) in [6.07, 6.45) is 0. The minimum atomic E-state index is -3.60. The lowest BCUT2D eigenvalue weighted by Crippen LogP contribution is -2.36. The third-order valence-electron chi connectivity index (χ3n) is 4.65. The van der Waals surface area contributed by atoms with Crippen molar-refractivity contribution in [1.29, 1.82) is 0 Å². The summed E-state index contributed by atoms with van der Waals surface area (Å²) in [5.74, 6) is 0. The van der Waals surface area contributed by atoms with E-state index in [9.17, 15) is 8.42 Å². The van der Waals surface area contributed by atoms with Gasteiger partial charge < -0.3 is 0 Å². The quantitative estimate of drug-likeness (QED) is 0.518. The van der Waals surface area contributed by atoms with Gasteiger partial charge in [0.05, 0.1) is 14.9 Å². The lowest BCUT2D eigenvalue weighted by Gasteiger charge is -2.29. The Morgan fingerprint density at radius 1 is 0.897 bits per heavy atom. The van der Waals surface area contributed by atoms with Crippen molar-refractivity contribution < 1.29 is 8.42 Å². The molecule has 0 aliphatic heterocycles. The van der Waals surface area contributed by atoms with Crippen molar-refractivity contribution >= 4 is 33.2 Å². The smallest absolute Gasteiger partial charge is 0.240 e. The molecule has 0 bridgehead atoms. The molecule has 3 aromatic rings. The molecule has 0 aliphatic carbocycles. The van der Waals surface area contributed by atoms with Gasteiger partial charge in [0.2, 0.25) is 10.0 Å². The van der Waals surface area contributed by atoms with E-state index in [-0.39, 0.29) is 17.5 Å². The SMILES string of the molecule is CN(Cc1ccc(Cl)c(Cl)c1)[C@@H](CNS(=O)(=O)c1ccccc1)c1ccccc1. The summed E-state index contributed by atoms with van der Waals surface area (Å²) in [6.45, 7) is 0.822. The molecule has 0 unspecified atom stereocenters. The molecule has 1 atom stereocenters. The molecule has 29 heavy (non-hydrogen) atoms. The lowest BCUT2D eigenvalue weighted by molar-refractivity contribution is 0.237. The van der Waals surface area contributed by atoms with E-state index in [1.54, 1.807) is 36.4 Å². The zero-order valence-electron chi connectivity index (χ0n) is 15.9. The van der Waals surface area contributed by atoms with Crippen LogP contribution in [0.1, 0.15) is 17.2 Å². The predicted octanol–water partition coefficient (Wildman–Crippen LogP) is 5.15. The molecule has 152 valence electrons. The van der Waals surface area contributed by atoms with Gasteiger partial charge in [0, 0.05) is 19.1 Å². The molecule has 0 aliphatic rings. The number of sulfonamides is 1. The van der Waals surface area contributed by atoms with Crippen LogP contribution in [0.2, 0.25) is 10.0 Å². The molecule has 3 aromatic carbocycles. The molecule has 0 heterocycles. The maximum atomic E-state index is 12.7. The van der Waals surface area contributed by atoms with Crippen molar-refractivity contribution in [2.45, 2.75) is 17.5 Å². The predicted molar refractivity (Wildman–Crippen MR) is 119 cm³/mol. The topological polar surface area (TPSA) is 49.4 Å². The molecule has 0 spiro atoms. The van der Waals surface area contributed by atoms with Crippen LogP contribution in [0.25, 0.3) is 0 Å². The van der Waals surface area contributed by atoms with E-state index in [1.165, 1.54) is 0 Å². The van der Waals surface area contributed by atoms with Gasteiger partial charge in [-0.2, -0.15) is 0 Å². The minimum Gasteiger partial charge on any atom is -0.294 e. The molecule has 0 saturated carbocycles. The second kappa shape index (κ2) is 9.74. The Morgan fingerprint density at radius 3 is 2.14 bits per heavy atom. The largest absolute Gasteiger partial charge is 0.294 e. The number of halogens is 2. The summed E-state index contributed by atoms with van der Waals surface area (Å²) in [4.78, 5) is 2.33. The highest BCUT2D eigenvalue weighted by atomic mass is 35.5. The van der Waals surface area contributed by atoms with Crippen LogP contribution in [0.5, 0.6) is 0 Å². The number of hydrogen-bond donors (Lipinski definition) is 1. The Balaban J connectivity index is 1.80. The number of nitrogens with zero attached hydrogens (tertiary/aromatic N) is 1. The highest BCUT2D eigenvalue weighted by Crippen LogP contribution is 2.26. The fourth-order valence-electron chi connectivity index (χ4n) is 3.11. The first-order valence-electron chi connectivity index (χ1n) is 9.10. The molecule has 3 rings (SSSR count). The Labute approximate surface area is 182 Å². The zero-order valence-corrected chi connectivity index (χ0v) is 18.3.